The maximum Gasteiger partial charge on any atom is 0.245 e. The molecular weight excluding hydrogens is 500 g/mol. The highest BCUT2D eigenvalue weighted by atomic mass is 16.3. The van der Waals surface area contributed by atoms with Crippen molar-refractivity contribution in [3.05, 3.63) is 90.9 Å². The van der Waals surface area contributed by atoms with Crippen LogP contribution in [0.3, 0.4) is 0 Å². The van der Waals surface area contributed by atoms with Gasteiger partial charge in [-0.15, -0.1) is 0 Å². The molecule has 0 radical (unpaired) electrons. The van der Waals surface area contributed by atoms with E-state index in [1.165, 1.54) is 19.3 Å². The highest BCUT2D eigenvalue weighted by Gasteiger charge is 2.55. The van der Waals surface area contributed by atoms with Crippen LogP contribution in [-0.2, 0) is 16.1 Å². The van der Waals surface area contributed by atoms with Gasteiger partial charge in [0.15, 0.2) is 0 Å². The average Bonchev–Trinajstić information content (AvgIpc) is 3.63. The summed E-state index contributed by atoms with van der Waals surface area (Å²) in [6.45, 7) is 0.246. The number of para-hydroxylation sites is 1. The maximum atomic E-state index is 14.3. The van der Waals surface area contributed by atoms with Crippen LogP contribution < -0.4 is 5.32 Å². The molecule has 4 aromatic rings. The summed E-state index contributed by atoms with van der Waals surface area (Å²) < 4.78 is 7.37. The lowest BCUT2D eigenvalue weighted by Crippen LogP contribution is -2.55. The molecule has 4 aliphatic rings. The Hall–Kier alpha value is -4.13. The first-order valence-corrected chi connectivity index (χ1v) is 14.4. The van der Waals surface area contributed by atoms with Crippen LogP contribution in [0, 0.1) is 23.2 Å². The van der Waals surface area contributed by atoms with Crippen molar-refractivity contribution in [3.8, 4) is 16.9 Å². The number of furan rings is 1. The fraction of sp³-hybridized carbons (Fsp3) is 0.364. The smallest absolute Gasteiger partial charge is 0.245 e. The van der Waals surface area contributed by atoms with Crippen molar-refractivity contribution in [1.29, 1.82) is 0 Å². The Balaban J connectivity index is 1.16. The predicted octanol–water partition coefficient (Wildman–Crippen LogP) is 6.32. The number of rotatable bonds is 8. The van der Waals surface area contributed by atoms with Crippen LogP contribution in [0.5, 0.6) is 0 Å². The summed E-state index contributed by atoms with van der Waals surface area (Å²) in [5, 5.41) is 7.89. The van der Waals surface area contributed by atoms with Gasteiger partial charge in [0, 0.05) is 11.6 Å². The first-order chi connectivity index (χ1) is 19.5. The molecule has 0 saturated heterocycles. The van der Waals surface area contributed by atoms with Crippen LogP contribution in [0.1, 0.15) is 44.3 Å². The minimum absolute atomic E-state index is 0.0398. The van der Waals surface area contributed by atoms with Crippen molar-refractivity contribution in [1.82, 2.24) is 14.7 Å². The van der Waals surface area contributed by atoms with Gasteiger partial charge in [0.1, 0.15) is 18.1 Å². The summed E-state index contributed by atoms with van der Waals surface area (Å²) in [5.74, 6) is 3.05. The zero-order valence-corrected chi connectivity index (χ0v) is 22.5. The molecule has 2 heterocycles. The Morgan fingerprint density at radius 1 is 0.900 bits per heavy atom. The van der Waals surface area contributed by atoms with Gasteiger partial charge in [-0.1, -0.05) is 48.5 Å². The van der Waals surface area contributed by atoms with E-state index in [1.807, 2.05) is 78.9 Å². The van der Waals surface area contributed by atoms with Crippen molar-refractivity contribution >= 4 is 17.6 Å². The lowest BCUT2D eigenvalue weighted by Gasteiger charge is -2.56. The third-order valence-corrected chi connectivity index (χ3v) is 9.09. The molecule has 4 saturated carbocycles. The Morgan fingerprint density at radius 2 is 1.55 bits per heavy atom. The number of anilines is 1. The van der Waals surface area contributed by atoms with Gasteiger partial charge in [-0.25, -0.2) is 4.68 Å². The summed E-state index contributed by atoms with van der Waals surface area (Å²) in [6, 6.07) is 25.2. The van der Waals surface area contributed by atoms with Crippen LogP contribution in [0.2, 0.25) is 0 Å². The summed E-state index contributed by atoms with van der Waals surface area (Å²) in [5.41, 5.74) is 2.23. The standard InChI is InChI=1S/C33H34N4O3/c38-31(34-30-17-29(26-8-3-1-4-9-26)35-37(30)27-10-5-2-6-11-27)22-36(21-28-12-7-13-40-28)32(39)33-18-23-14-24(19-33)16-25(15-23)20-33/h1-13,17,23-25H,14-16,18-22H2,(H,34,38). The molecule has 2 amide bonds. The SMILES string of the molecule is O=C(CN(Cc1ccco1)C(=O)C12CC3CC(CC(C3)C1)C2)Nc1cc(-c2ccccc2)nn1-c1ccccc1. The van der Waals surface area contributed by atoms with E-state index in [2.05, 4.69) is 5.32 Å². The fourth-order valence-electron chi connectivity index (χ4n) is 7.84. The third kappa shape index (κ3) is 4.74. The van der Waals surface area contributed by atoms with Gasteiger partial charge < -0.3 is 14.6 Å². The summed E-state index contributed by atoms with van der Waals surface area (Å²) in [7, 11) is 0. The first-order valence-electron chi connectivity index (χ1n) is 14.4. The van der Waals surface area contributed by atoms with E-state index in [0.29, 0.717) is 29.3 Å². The molecule has 2 aromatic heterocycles. The van der Waals surface area contributed by atoms with E-state index in [0.717, 1.165) is 36.2 Å². The largest absolute Gasteiger partial charge is 0.467 e. The molecule has 0 aliphatic heterocycles. The van der Waals surface area contributed by atoms with Gasteiger partial charge in [0.2, 0.25) is 11.8 Å². The second kappa shape index (κ2) is 10.1. The number of benzene rings is 2. The molecule has 40 heavy (non-hydrogen) atoms. The number of carbonyl (C=O) groups excluding carboxylic acids is 2. The molecule has 0 atom stereocenters. The van der Waals surface area contributed by atoms with Crippen molar-refractivity contribution in [3.63, 3.8) is 0 Å². The number of carbonyl (C=O) groups is 2. The molecule has 8 rings (SSSR count). The van der Waals surface area contributed by atoms with Crippen LogP contribution >= 0.6 is 0 Å². The molecular formula is C33H34N4O3. The number of nitrogens with zero attached hydrogens (tertiary/aromatic N) is 3. The van der Waals surface area contributed by atoms with E-state index in [4.69, 9.17) is 9.52 Å². The zero-order chi connectivity index (χ0) is 27.1. The van der Waals surface area contributed by atoms with E-state index < -0.39 is 0 Å². The zero-order valence-electron chi connectivity index (χ0n) is 22.5. The summed E-state index contributed by atoms with van der Waals surface area (Å²) >= 11 is 0. The van der Waals surface area contributed by atoms with Crippen molar-refractivity contribution < 1.29 is 14.0 Å². The fourth-order valence-corrected chi connectivity index (χ4v) is 7.84. The molecule has 4 bridgehead atoms. The molecule has 7 heteroatoms. The highest BCUT2D eigenvalue weighted by molar-refractivity contribution is 5.95. The van der Waals surface area contributed by atoms with Crippen LogP contribution in [0.25, 0.3) is 16.9 Å². The normalized spacial score (nSPS) is 24.6. The van der Waals surface area contributed by atoms with Crippen molar-refractivity contribution in [2.75, 3.05) is 11.9 Å². The number of hydrogen-bond acceptors (Lipinski definition) is 4. The van der Waals surface area contributed by atoms with Crippen molar-refractivity contribution in [2.45, 2.75) is 45.1 Å². The van der Waals surface area contributed by atoms with Gasteiger partial charge in [-0.2, -0.15) is 5.10 Å². The lowest BCUT2D eigenvalue weighted by atomic mass is 9.49. The topological polar surface area (TPSA) is 80.4 Å². The summed E-state index contributed by atoms with van der Waals surface area (Å²) in [4.78, 5) is 29.6. The molecule has 4 fully saturated rings. The average molecular weight is 535 g/mol. The van der Waals surface area contributed by atoms with Gasteiger partial charge in [0.25, 0.3) is 0 Å². The molecule has 7 nitrogen and oxygen atoms in total. The number of amides is 2. The molecule has 204 valence electrons. The maximum absolute atomic E-state index is 14.3. The van der Waals surface area contributed by atoms with E-state index in [1.54, 1.807) is 15.8 Å². The first kappa shape index (κ1) is 24.9. The Bertz CT molecular complexity index is 1460. The predicted molar refractivity (Wildman–Crippen MR) is 152 cm³/mol. The Labute approximate surface area is 234 Å². The van der Waals surface area contributed by atoms with Gasteiger partial charge in [0.05, 0.1) is 29.6 Å². The van der Waals surface area contributed by atoms with E-state index >= 15 is 0 Å². The Kier molecular flexibility index (Phi) is 6.29. The molecule has 4 aliphatic carbocycles. The molecule has 0 spiro atoms. The molecule has 0 unspecified atom stereocenters. The van der Waals surface area contributed by atoms with Gasteiger partial charge in [-0.3, -0.25) is 9.59 Å². The van der Waals surface area contributed by atoms with Gasteiger partial charge in [-0.05, 0) is 80.5 Å². The van der Waals surface area contributed by atoms with Gasteiger partial charge >= 0.3 is 0 Å². The van der Waals surface area contributed by atoms with E-state index in [-0.39, 0.29) is 30.3 Å². The quantitative estimate of drug-likeness (QED) is 0.287. The highest BCUT2D eigenvalue weighted by Crippen LogP contribution is 2.60. The lowest BCUT2D eigenvalue weighted by molar-refractivity contribution is -0.159. The second-order valence-electron chi connectivity index (χ2n) is 12.0. The molecule has 2 aromatic carbocycles. The number of aromatic nitrogens is 2. The molecule has 1 N–H and O–H groups in total. The Morgan fingerprint density at radius 3 is 2.17 bits per heavy atom. The monoisotopic (exact) mass is 534 g/mol. The number of nitrogens with one attached hydrogen (secondary N) is 1. The summed E-state index contributed by atoms with van der Waals surface area (Å²) in [6.07, 6.45) is 8.27. The minimum atomic E-state index is -0.339. The van der Waals surface area contributed by atoms with Crippen LogP contribution in [0.4, 0.5) is 5.82 Å². The van der Waals surface area contributed by atoms with Crippen molar-refractivity contribution in [2.24, 2.45) is 23.2 Å². The van der Waals surface area contributed by atoms with E-state index in [9.17, 15) is 9.59 Å². The minimum Gasteiger partial charge on any atom is -0.467 e. The number of hydrogen-bond donors (Lipinski definition) is 1. The second-order valence-corrected chi connectivity index (χ2v) is 12.0. The van der Waals surface area contributed by atoms with Crippen LogP contribution in [-0.4, -0.2) is 33.0 Å². The van der Waals surface area contributed by atoms with Crippen LogP contribution in [0.15, 0.2) is 89.5 Å². The third-order valence-electron chi connectivity index (χ3n) is 9.09.